The monoisotopic (exact) mass is 309 g/mol. The molecule has 5 nitrogen and oxygen atoms in total. The molecule has 0 spiro atoms. The van der Waals surface area contributed by atoms with Gasteiger partial charge in [0.15, 0.2) is 11.5 Å². The van der Waals surface area contributed by atoms with E-state index in [1.165, 1.54) is 6.42 Å². The molecule has 1 unspecified atom stereocenters. The van der Waals surface area contributed by atoms with Gasteiger partial charge in [-0.25, -0.2) is 8.42 Å². The lowest BCUT2D eigenvalue weighted by atomic mass is 9.79. The van der Waals surface area contributed by atoms with Gasteiger partial charge < -0.3 is 9.47 Å². The lowest BCUT2D eigenvalue weighted by Crippen LogP contribution is -2.42. The summed E-state index contributed by atoms with van der Waals surface area (Å²) in [4.78, 5) is 0.318. The van der Waals surface area contributed by atoms with Crippen LogP contribution in [-0.2, 0) is 10.0 Å². The summed E-state index contributed by atoms with van der Waals surface area (Å²) in [5, 5.41) is 0. The van der Waals surface area contributed by atoms with Gasteiger partial charge in [-0.1, -0.05) is 6.42 Å². The fraction of sp³-hybridized carbons (Fsp3) is 0.600. The van der Waals surface area contributed by atoms with E-state index in [0.29, 0.717) is 28.9 Å². The van der Waals surface area contributed by atoms with Gasteiger partial charge in [-0.2, -0.15) is 4.31 Å². The highest BCUT2D eigenvalue weighted by Gasteiger charge is 2.41. The van der Waals surface area contributed by atoms with Crippen LogP contribution in [0.4, 0.5) is 0 Å². The second kappa shape index (κ2) is 4.88. The number of hydrogen-bond acceptors (Lipinski definition) is 4. The van der Waals surface area contributed by atoms with Crippen LogP contribution in [0.25, 0.3) is 0 Å². The Labute approximate surface area is 124 Å². The highest BCUT2D eigenvalue weighted by atomic mass is 32.2. The van der Waals surface area contributed by atoms with Crippen molar-refractivity contribution in [3.8, 4) is 11.5 Å². The second-order valence-corrected chi connectivity index (χ2v) is 7.92. The summed E-state index contributed by atoms with van der Waals surface area (Å²) in [5.41, 5.74) is 0. The van der Waals surface area contributed by atoms with E-state index in [0.717, 1.165) is 25.7 Å². The van der Waals surface area contributed by atoms with Crippen LogP contribution >= 0.6 is 0 Å². The molecule has 1 aliphatic carbocycles. The molecule has 0 aromatic heterocycles. The molecule has 1 atom stereocenters. The summed E-state index contributed by atoms with van der Waals surface area (Å²) in [7, 11) is -3.43. The zero-order chi connectivity index (χ0) is 14.4. The molecule has 4 rings (SSSR count). The molecule has 2 fully saturated rings. The molecule has 0 radical (unpaired) electrons. The highest BCUT2D eigenvalue weighted by Crippen LogP contribution is 2.41. The van der Waals surface area contributed by atoms with Gasteiger partial charge in [0, 0.05) is 18.7 Å². The van der Waals surface area contributed by atoms with Crippen LogP contribution in [0.3, 0.4) is 0 Å². The fourth-order valence-corrected chi connectivity index (χ4v) is 5.30. The average molecular weight is 309 g/mol. The lowest BCUT2D eigenvalue weighted by Gasteiger charge is -2.36. The predicted octanol–water partition coefficient (Wildman–Crippen LogP) is 2.37. The summed E-state index contributed by atoms with van der Waals surface area (Å²) in [6.45, 7) is 0.797. The maximum Gasteiger partial charge on any atom is 0.243 e. The van der Waals surface area contributed by atoms with Gasteiger partial charge in [0.25, 0.3) is 0 Å². The van der Waals surface area contributed by atoms with Gasteiger partial charge in [-0.15, -0.1) is 0 Å². The molecule has 1 aromatic rings. The minimum absolute atomic E-state index is 0.160. The van der Waals surface area contributed by atoms with E-state index in [-0.39, 0.29) is 12.8 Å². The van der Waals surface area contributed by atoms with Crippen LogP contribution < -0.4 is 9.47 Å². The Morgan fingerprint density at radius 1 is 1.05 bits per heavy atom. The maximum atomic E-state index is 12.9. The largest absolute Gasteiger partial charge is 0.454 e. The quantitative estimate of drug-likeness (QED) is 0.860. The van der Waals surface area contributed by atoms with E-state index >= 15 is 0 Å². The van der Waals surface area contributed by atoms with E-state index in [9.17, 15) is 8.42 Å². The minimum Gasteiger partial charge on any atom is -0.454 e. The van der Waals surface area contributed by atoms with Crippen molar-refractivity contribution in [1.82, 2.24) is 4.31 Å². The van der Waals surface area contributed by atoms with Crippen molar-refractivity contribution in [1.29, 1.82) is 0 Å². The van der Waals surface area contributed by atoms with Crippen molar-refractivity contribution >= 4 is 10.0 Å². The van der Waals surface area contributed by atoms with E-state index in [1.54, 1.807) is 22.5 Å². The zero-order valence-corrected chi connectivity index (χ0v) is 12.6. The van der Waals surface area contributed by atoms with Crippen LogP contribution in [0, 0.1) is 5.92 Å². The average Bonchev–Trinajstić information content (AvgIpc) is 3.04. The Morgan fingerprint density at radius 2 is 1.86 bits per heavy atom. The first kappa shape index (κ1) is 13.4. The third-order valence-electron chi connectivity index (χ3n) is 4.89. The fourth-order valence-electron chi connectivity index (χ4n) is 3.53. The molecule has 0 bridgehead atoms. The zero-order valence-electron chi connectivity index (χ0n) is 11.8. The molecule has 1 aromatic carbocycles. The number of sulfonamides is 1. The number of nitrogens with zero attached hydrogens (tertiary/aromatic N) is 1. The molecule has 0 N–H and O–H groups in total. The maximum absolute atomic E-state index is 12.9. The van der Waals surface area contributed by atoms with Gasteiger partial charge in [0.2, 0.25) is 16.8 Å². The lowest BCUT2D eigenvalue weighted by molar-refractivity contribution is 0.174. The number of hydrogen-bond donors (Lipinski definition) is 0. The summed E-state index contributed by atoms with van der Waals surface area (Å²) < 4.78 is 38.1. The van der Waals surface area contributed by atoms with Crippen molar-refractivity contribution in [2.45, 2.75) is 43.0 Å². The molecule has 114 valence electrons. The van der Waals surface area contributed by atoms with Gasteiger partial charge in [-0.3, -0.25) is 0 Å². The Balaban J connectivity index is 1.66. The van der Waals surface area contributed by atoms with Gasteiger partial charge in [0.05, 0.1) is 4.90 Å². The molecule has 1 saturated carbocycles. The number of rotatable bonds is 3. The van der Waals surface area contributed by atoms with Gasteiger partial charge in [0.1, 0.15) is 0 Å². The van der Waals surface area contributed by atoms with Crippen LogP contribution in [0.1, 0.15) is 32.1 Å². The van der Waals surface area contributed by atoms with Crippen molar-refractivity contribution in [2.75, 3.05) is 13.3 Å². The SMILES string of the molecule is O=S(=O)(c1ccc2c(c1)OCO2)N1CCCC1C1CCC1. The first-order valence-corrected chi connectivity index (χ1v) is 9.02. The Morgan fingerprint density at radius 3 is 2.62 bits per heavy atom. The van der Waals surface area contributed by atoms with Crippen LogP contribution in [0.2, 0.25) is 0 Å². The minimum atomic E-state index is -3.43. The van der Waals surface area contributed by atoms with Crippen molar-refractivity contribution in [3.05, 3.63) is 18.2 Å². The third kappa shape index (κ3) is 2.12. The van der Waals surface area contributed by atoms with Crippen LogP contribution in [0.15, 0.2) is 23.1 Å². The molecule has 21 heavy (non-hydrogen) atoms. The number of fused-ring (bicyclic) bond motifs is 1. The van der Waals surface area contributed by atoms with Crippen LogP contribution in [0.5, 0.6) is 11.5 Å². The second-order valence-electron chi connectivity index (χ2n) is 6.03. The predicted molar refractivity (Wildman–Crippen MR) is 76.8 cm³/mol. The molecule has 2 heterocycles. The molecule has 2 aliphatic heterocycles. The Kier molecular flexibility index (Phi) is 3.11. The summed E-state index contributed by atoms with van der Waals surface area (Å²) in [5.74, 6) is 1.69. The summed E-state index contributed by atoms with van der Waals surface area (Å²) >= 11 is 0. The van der Waals surface area contributed by atoms with E-state index in [4.69, 9.17) is 9.47 Å². The first-order chi connectivity index (χ1) is 10.2. The van der Waals surface area contributed by atoms with E-state index < -0.39 is 10.0 Å². The topological polar surface area (TPSA) is 55.8 Å². The number of benzene rings is 1. The number of ether oxygens (including phenoxy) is 2. The molecule has 6 heteroatoms. The summed E-state index contributed by atoms with van der Waals surface area (Å²) in [6, 6.07) is 5.09. The molecular weight excluding hydrogens is 290 g/mol. The van der Waals surface area contributed by atoms with Gasteiger partial charge in [-0.05, 0) is 43.7 Å². The van der Waals surface area contributed by atoms with Crippen molar-refractivity contribution in [2.24, 2.45) is 5.92 Å². The van der Waals surface area contributed by atoms with Crippen molar-refractivity contribution < 1.29 is 17.9 Å². The normalized spacial score (nSPS) is 26.0. The van der Waals surface area contributed by atoms with Gasteiger partial charge >= 0.3 is 0 Å². The molecular formula is C15H19NO4S. The standard InChI is InChI=1S/C15H19NO4S/c17-21(18,12-6-7-14-15(9-12)20-10-19-14)16-8-2-5-13(16)11-3-1-4-11/h6-7,9,11,13H,1-5,8,10H2. The third-order valence-corrected chi connectivity index (χ3v) is 6.81. The first-order valence-electron chi connectivity index (χ1n) is 7.58. The summed E-state index contributed by atoms with van der Waals surface area (Å²) in [6.07, 6.45) is 5.52. The van der Waals surface area contributed by atoms with Crippen LogP contribution in [-0.4, -0.2) is 32.1 Å². The Hall–Kier alpha value is -1.27. The van der Waals surface area contributed by atoms with E-state index in [2.05, 4.69) is 0 Å². The molecule has 0 amide bonds. The molecule has 1 saturated heterocycles. The smallest absolute Gasteiger partial charge is 0.243 e. The Bertz CT molecular complexity index is 654. The molecule has 3 aliphatic rings. The highest BCUT2D eigenvalue weighted by molar-refractivity contribution is 7.89. The van der Waals surface area contributed by atoms with E-state index in [1.807, 2.05) is 0 Å². The van der Waals surface area contributed by atoms with Crippen molar-refractivity contribution in [3.63, 3.8) is 0 Å².